The van der Waals surface area contributed by atoms with Crippen LogP contribution in [0.2, 0.25) is 0 Å². The van der Waals surface area contributed by atoms with Gasteiger partial charge in [0.1, 0.15) is 0 Å². The second-order valence-corrected chi connectivity index (χ2v) is 6.28. The van der Waals surface area contributed by atoms with E-state index >= 15 is 0 Å². The Hall–Kier alpha value is -0.650. The molecule has 1 heterocycles. The number of amides is 1. The molecule has 0 radical (unpaired) electrons. The van der Waals surface area contributed by atoms with E-state index in [1.807, 2.05) is 4.90 Å². The van der Waals surface area contributed by atoms with Gasteiger partial charge in [0.05, 0.1) is 12.0 Å². The van der Waals surface area contributed by atoms with Crippen LogP contribution in [0.3, 0.4) is 0 Å². The van der Waals surface area contributed by atoms with Gasteiger partial charge in [-0.1, -0.05) is 0 Å². The molecule has 118 valence electrons. The van der Waals surface area contributed by atoms with Crippen LogP contribution in [0, 0.1) is 5.41 Å². The van der Waals surface area contributed by atoms with Gasteiger partial charge in [0, 0.05) is 26.7 Å². The lowest BCUT2D eigenvalue weighted by atomic mass is 9.81. The van der Waals surface area contributed by atoms with Crippen molar-refractivity contribution in [3.8, 4) is 0 Å². The van der Waals surface area contributed by atoms with Gasteiger partial charge in [0.25, 0.3) is 0 Å². The van der Waals surface area contributed by atoms with E-state index in [9.17, 15) is 4.79 Å². The number of hydrogen-bond acceptors (Lipinski definition) is 4. The Balaban J connectivity index is 2.57. The third-order valence-corrected chi connectivity index (χ3v) is 4.00. The molecule has 1 atom stereocenters. The van der Waals surface area contributed by atoms with E-state index in [2.05, 4.69) is 31.2 Å². The number of rotatable bonds is 8. The van der Waals surface area contributed by atoms with E-state index in [-0.39, 0.29) is 11.3 Å². The van der Waals surface area contributed by atoms with Gasteiger partial charge >= 0.3 is 0 Å². The van der Waals surface area contributed by atoms with Crippen molar-refractivity contribution in [3.63, 3.8) is 0 Å². The van der Waals surface area contributed by atoms with Crippen LogP contribution < -0.4 is 5.32 Å². The topological polar surface area (TPSA) is 44.8 Å². The molecule has 1 amide bonds. The van der Waals surface area contributed by atoms with E-state index in [4.69, 9.17) is 4.74 Å². The van der Waals surface area contributed by atoms with Crippen LogP contribution in [0.4, 0.5) is 0 Å². The van der Waals surface area contributed by atoms with Crippen molar-refractivity contribution in [1.29, 1.82) is 0 Å². The Morgan fingerprint density at radius 2 is 2.05 bits per heavy atom. The largest absolute Gasteiger partial charge is 0.383 e. The van der Waals surface area contributed by atoms with Crippen molar-refractivity contribution < 1.29 is 9.53 Å². The van der Waals surface area contributed by atoms with Gasteiger partial charge in [-0.2, -0.15) is 0 Å². The fourth-order valence-electron chi connectivity index (χ4n) is 2.71. The first-order valence-corrected chi connectivity index (χ1v) is 7.63. The van der Waals surface area contributed by atoms with Gasteiger partial charge in [0.2, 0.25) is 5.91 Å². The van der Waals surface area contributed by atoms with E-state index < -0.39 is 0 Å². The molecule has 0 aromatic carbocycles. The first kappa shape index (κ1) is 17.4. The smallest absolute Gasteiger partial charge is 0.229 e. The van der Waals surface area contributed by atoms with Gasteiger partial charge < -0.3 is 19.9 Å². The minimum absolute atomic E-state index is 0.246. The first-order valence-electron chi connectivity index (χ1n) is 7.63. The van der Waals surface area contributed by atoms with E-state index in [0.717, 1.165) is 45.4 Å². The lowest BCUT2D eigenvalue weighted by Gasteiger charge is -2.37. The zero-order chi connectivity index (χ0) is 15.0. The average molecular weight is 285 g/mol. The molecular formula is C15H31N3O2. The number of nitrogens with zero attached hydrogens (tertiary/aromatic N) is 2. The SMILES string of the molecule is COCCN(CCCN(C)C)C(=O)C1(C)CCCNC1. The molecule has 0 saturated carbocycles. The summed E-state index contributed by atoms with van der Waals surface area (Å²) < 4.78 is 5.15. The highest BCUT2D eigenvalue weighted by Gasteiger charge is 2.37. The number of carbonyl (C=O) groups is 1. The molecule has 0 bridgehead atoms. The summed E-state index contributed by atoms with van der Waals surface area (Å²) in [6.45, 7) is 7.04. The number of methoxy groups -OCH3 is 1. The molecule has 5 nitrogen and oxygen atoms in total. The Labute approximate surface area is 123 Å². The Kier molecular flexibility index (Phi) is 7.48. The number of piperidine rings is 1. The van der Waals surface area contributed by atoms with Crippen molar-refractivity contribution in [3.05, 3.63) is 0 Å². The van der Waals surface area contributed by atoms with Gasteiger partial charge in [-0.15, -0.1) is 0 Å². The number of hydrogen-bond donors (Lipinski definition) is 1. The summed E-state index contributed by atoms with van der Waals surface area (Å²) in [5.41, 5.74) is -0.246. The normalized spacial score (nSPS) is 23.1. The monoisotopic (exact) mass is 285 g/mol. The molecule has 1 rings (SSSR count). The molecule has 1 fully saturated rings. The predicted molar refractivity (Wildman–Crippen MR) is 81.8 cm³/mol. The Morgan fingerprint density at radius 1 is 1.30 bits per heavy atom. The minimum atomic E-state index is -0.246. The molecule has 0 aromatic rings. The third kappa shape index (κ3) is 5.38. The Bertz CT molecular complexity index is 289. The van der Waals surface area contributed by atoms with E-state index in [1.165, 1.54) is 0 Å². The number of nitrogens with one attached hydrogen (secondary N) is 1. The minimum Gasteiger partial charge on any atom is -0.383 e. The summed E-state index contributed by atoms with van der Waals surface area (Å²) in [7, 11) is 5.81. The number of ether oxygens (including phenoxy) is 1. The van der Waals surface area contributed by atoms with Crippen molar-refractivity contribution in [1.82, 2.24) is 15.1 Å². The highest BCUT2D eigenvalue weighted by molar-refractivity contribution is 5.82. The summed E-state index contributed by atoms with van der Waals surface area (Å²) in [5.74, 6) is 0.278. The zero-order valence-corrected chi connectivity index (χ0v) is 13.6. The van der Waals surface area contributed by atoms with Crippen LogP contribution in [-0.2, 0) is 9.53 Å². The highest BCUT2D eigenvalue weighted by Crippen LogP contribution is 2.28. The maximum absolute atomic E-state index is 12.8. The molecular weight excluding hydrogens is 254 g/mol. The lowest BCUT2D eigenvalue weighted by molar-refractivity contribution is -0.143. The third-order valence-electron chi connectivity index (χ3n) is 4.00. The van der Waals surface area contributed by atoms with Crippen molar-refractivity contribution >= 4 is 5.91 Å². The zero-order valence-electron chi connectivity index (χ0n) is 13.6. The molecule has 0 aromatic heterocycles. The van der Waals surface area contributed by atoms with Gasteiger partial charge in [-0.3, -0.25) is 4.79 Å². The standard InChI is InChI=1S/C15H31N3O2/c1-15(7-5-8-16-13-15)14(19)18(11-12-20-4)10-6-9-17(2)3/h16H,5-13H2,1-4H3. The summed E-state index contributed by atoms with van der Waals surface area (Å²) >= 11 is 0. The van der Waals surface area contributed by atoms with Crippen LogP contribution in [0.5, 0.6) is 0 Å². The van der Waals surface area contributed by atoms with Gasteiger partial charge in [-0.25, -0.2) is 0 Å². The molecule has 1 N–H and O–H groups in total. The van der Waals surface area contributed by atoms with Crippen molar-refractivity contribution in [2.75, 3.05) is 60.5 Å². The second-order valence-electron chi connectivity index (χ2n) is 6.28. The maximum Gasteiger partial charge on any atom is 0.229 e. The van der Waals surface area contributed by atoms with Crippen LogP contribution in [0.25, 0.3) is 0 Å². The first-order chi connectivity index (χ1) is 9.49. The quantitative estimate of drug-likeness (QED) is 0.716. The summed E-state index contributed by atoms with van der Waals surface area (Å²) in [6, 6.07) is 0. The fraction of sp³-hybridized carbons (Fsp3) is 0.933. The highest BCUT2D eigenvalue weighted by atomic mass is 16.5. The summed E-state index contributed by atoms with van der Waals surface area (Å²) in [5, 5.41) is 3.35. The van der Waals surface area contributed by atoms with Crippen molar-refractivity contribution in [2.45, 2.75) is 26.2 Å². The van der Waals surface area contributed by atoms with Crippen LogP contribution in [-0.4, -0.2) is 76.2 Å². The van der Waals surface area contributed by atoms with Crippen LogP contribution in [0.1, 0.15) is 26.2 Å². The van der Waals surface area contributed by atoms with Crippen molar-refractivity contribution in [2.24, 2.45) is 5.41 Å². The molecule has 0 spiro atoms. The molecule has 20 heavy (non-hydrogen) atoms. The second kappa shape index (κ2) is 8.60. The fourth-order valence-corrected chi connectivity index (χ4v) is 2.71. The van der Waals surface area contributed by atoms with Gasteiger partial charge in [-0.05, 0) is 53.4 Å². The molecule has 5 heteroatoms. The maximum atomic E-state index is 12.8. The molecule has 1 aliphatic rings. The van der Waals surface area contributed by atoms with Crippen LogP contribution >= 0.6 is 0 Å². The Morgan fingerprint density at radius 3 is 2.60 bits per heavy atom. The summed E-state index contributed by atoms with van der Waals surface area (Å²) in [6.07, 6.45) is 3.07. The lowest BCUT2D eigenvalue weighted by Crippen LogP contribution is -2.51. The molecule has 1 saturated heterocycles. The van der Waals surface area contributed by atoms with Gasteiger partial charge in [0.15, 0.2) is 0 Å². The molecule has 0 aliphatic carbocycles. The number of carbonyl (C=O) groups excluding carboxylic acids is 1. The molecule has 1 aliphatic heterocycles. The summed E-state index contributed by atoms with van der Waals surface area (Å²) in [4.78, 5) is 17.0. The molecule has 1 unspecified atom stereocenters. The predicted octanol–water partition coefficient (Wildman–Crippen LogP) is 0.803. The average Bonchev–Trinajstić information content (AvgIpc) is 2.42. The van der Waals surface area contributed by atoms with Crippen LogP contribution in [0.15, 0.2) is 0 Å². The van der Waals surface area contributed by atoms with E-state index in [0.29, 0.717) is 13.2 Å². The van der Waals surface area contributed by atoms with E-state index in [1.54, 1.807) is 7.11 Å².